The number of hydrogen-bond acceptors (Lipinski definition) is 5. The smallest absolute Gasteiger partial charge is 0.169 e. The van der Waals surface area contributed by atoms with E-state index in [-0.39, 0.29) is 5.75 Å². The predicted octanol–water partition coefficient (Wildman–Crippen LogP) is 1.95. The van der Waals surface area contributed by atoms with Gasteiger partial charge in [-0.3, -0.25) is 0 Å². The molecule has 0 bridgehead atoms. The van der Waals surface area contributed by atoms with Crippen molar-refractivity contribution in [2.45, 2.75) is 6.92 Å². The minimum Gasteiger partial charge on any atom is -0.504 e. The summed E-state index contributed by atoms with van der Waals surface area (Å²) in [7, 11) is 1.49. The van der Waals surface area contributed by atoms with Crippen LogP contribution < -0.4 is 10.5 Å². The molecule has 5 nitrogen and oxygen atoms in total. The fourth-order valence-corrected chi connectivity index (χ4v) is 1.47. The van der Waals surface area contributed by atoms with Gasteiger partial charge in [0.25, 0.3) is 0 Å². The molecule has 84 valence electrons. The van der Waals surface area contributed by atoms with Crippen molar-refractivity contribution in [3.8, 4) is 22.8 Å². The van der Waals surface area contributed by atoms with Crippen molar-refractivity contribution >= 4 is 5.82 Å². The Labute approximate surface area is 92.4 Å². The lowest BCUT2D eigenvalue weighted by atomic mass is 10.1. The van der Waals surface area contributed by atoms with Crippen LogP contribution in [0.3, 0.4) is 0 Å². The lowest BCUT2D eigenvalue weighted by molar-refractivity contribution is 0.371. The highest BCUT2D eigenvalue weighted by atomic mass is 16.5. The fourth-order valence-electron chi connectivity index (χ4n) is 1.47. The van der Waals surface area contributed by atoms with E-state index in [9.17, 15) is 5.11 Å². The number of benzene rings is 1. The summed E-state index contributed by atoms with van der Waals surface area (Å²) in [5.74, 6) is 1.38. The fraction of sp³-hybridized carbons (Fsp3) is 0.182. The topological polar surface area (TPSA) is 81.5 Å². The number of phenols is 1. The van der Waals surface area contributed by atoms with Gasteiger partial charge in [-0.05, 0) is 24.6 Å². The third kappa shape index (κ3) is 1.67. The Kier molecular flexibility index (Phi) is 2.44. The van der Waals surface area contributed by atoms with Crippen molar-refractivity contribution < 1.29 is 14.4 Å². The molecule has 0 fully saturated rings. The van der Waals surface area contributed by atoms with Crippen LogP contribution in [0.1, 0.15) is 5.56 Å². The normalized spacial score (nSPS) is 10.4. The molecule has 0 radical (unpaired) electrons. The predicted molar refractivity (Wildman–Crippen MR) is 59.3 cm³/mol. The summed E-state index contributed by atoms with van der Waals surface area (Å²) in [5, 5.41) is 13.3. The first-order valence-corrected chi connectivity index (χ1v) is 4.72. The van der Waals surface area contributed by atoms with E-state index in [2.05, 4.69) is 5.16 Å². The van der Waals surface area contributed by atoms with Crippen molar-refractivity contribution in [3.63, 3.8) is 0 Å². The van der Waals surface area contributed by atoms with Gasteiger partial charge in [0.05, 0.1) is 7.11 Å². The summed E-state index contributed by atoms with van der Waals surface area (Å²) in [6.45, 7) is 1.78. The number of anilines is 1. The van der Waals surface area contributed by atoms with Gasteiger partial charge >= 0.3 is 0 Å². The molecule has 1 aromatic heterocycles. The maximum absolute atomic E-state index is 9.68. The average molecular weight is 220 g/mol. The molecule has 5 heteroatoms. The molecule has 3 N–H and O–H groups in total. The van der Waals surface area contributed by atoms with Crippen LogP contribution in [-0.2, 0) is 0 Å². The highest BCUT2D eigenvalue weighted by Gasteiger charge is 2.11. The standard InChI is InChI=1S/C11H12N2O3/c1-6-3-7(4-9(15-2)11(6)14)8-5-10(12)13-16-8/h3-5,14H,1-2H3,(H2,12,13). The minimum atomic E-state index is 0.124. The molecular weight excluding hydrogens is 208 g/mol. The summed E-state index contributed by atoms with van der Waals surface area (Å²) >= 11 is 0. The second-order valence-corrected chi connectivity index (χ2v) is 3.46. The molecule has 0 unspecified atom stereocenters. The average Bonchev–Trinajstić information content (AvgIpc) is 2.69. The zero-order valence-corrected chi connectivity index (χ0v) is 9.02. The number of aryl methyl sites for hydroxylation is 1. The number of rotatable bonds is 2. The number of hydrogen-bond donors (Lipinski definition) is 2. The van der Waals surface area contributed by atoms with Gasteiger partial charge in [-0.15, -0.1) is 0 Å². The van der Waals surface area contributed by atoms with Gasteiger partial charge in [0.2, 0.25) is 0 Å². The largest absolute Gasteiger partial charge is 0.504 e. The Morgan fingerprint density at radius 3 is 2.69 bits per heavy atom. The number of phenolic OH excluding ortho intramolecular Hbond substituents is 1. The zero-order valence-electron chi connectivity index (χ0n) is 9.02. The summed E-state index contributed by atoms with van der Waals surface area (Å²) in [4.78, 5) is 0. The number of nitrogen functional groups attached to an aromatic ring is 1. The molecule has 0 aliphatic heterocycles. The van der Waals surface area contributed by atoms with Gasteiger partial charge in [0.1, 0.15) is 0 Å². The molecule has 0 spiro atoms. The first-order valence-electron chi connectivity index (χ1n) is 4.72. The van der Waals surface area contributed by atoms with Crippen molar-refractivity contribution in [2.75, 3.05) is 12.8 Å². The molecule has 0 atom stereocenters. The summed E-state index contributed by atoms with van der Waals surface area (Å²) in [6, 6.07) is 5.06. The number of aromatic nitrogens is 1. The van der Waals surface area contributed by atoms with Crippen LogP contribution in [-0.4, -0.2) is 17.4 Å². The van der Waals surface area contributed by atoms with Crippen LogP contribution in [0.5, 0.6) is 11.5 Å². The summed E-state index contributed by atoms with van der Waals surface area (Å²) in [5.41, 5.74) is 6.93. The van der Waals surface area contributed by atoms with E-state index >= 15 is 0 Å². The van der Waals surface area contributed by atoms with E-state index in [1.807, 2.05) is 0 Å². The molecule has 0 aliphatic rings. The number of nitrogens with zero attached hydrogens (tertiary/aromatic N) is 1. The van der Waals surface area contributed by atoms with E-state index in [1.54, 1.807) is 25.1 Å². The SMILES string of the molecule is COc1cc(-c2cc(N)no2)cc(C)c1O. The van der Waals surface area contributed by atoms with Crippen LogP contribution in [0.4, 0.5) is 5.82 Å². The maximum Gasteiger partial charge on any atom is 0.169 e. The van der Waals surface area contributed by atoms with Gasteiger partial charge in [-0.2, -0.15) is 0 Å². The molecule has 2 rings (SSSR count). The monoisotopic (exact) mass is 220 g/mol. The summed E-state index contributed by atoms with van der Waals surface area (Å²) < 4.78 is 10.1. The van der Waals surface area contributed by atoms with Gasteiger partial charge in [-0.25, -0.2) is 0 Å². The number of ether oxygens (including phenoxy) is 1. The molecular formula is C11H12N2O3. The second kappa shape index (κ2) is 3.77. The van der Waals surface area contributed by atoms with E-state index in [4.69, 9.17) is 15.0 Å². The first-order chi connectivity index (χ1) is 7.61. The van der Waals surface area contributed by atoms with Crippen molar-refractivity contribution in [1.29, 1.82) is 0 Å². The molecule has 1 aromatic carbocycles. The van der Waals surface area contributed by atoms with Gasteiger partial charge < -0.3 is 20.1 Å². The Hall–Kier alpha value is -2.17. The lowest BCUT2D eigenvalue weighted by Crippen LogP contribution is -1.87. The molecule has 0 aliphatic carbocycles. The Morgan fingerprint density at radius 1 is 1.38 bits per heavy atom. The van der Waals surface area contributed by atoms with Crippen molar-refractivity contribution in [3.05, 3.63) is 23.8 Å². The van der Waals surface area contributed by atoms with Crippen LogP contribution in [0.15, 0.2) is 22.7 Å². The van der Waals surface area contributed by atoms with Crippen molar-refractivity contribution in [2.24, 2.45) is 0 Å². The number of methoxy groups -OCH3 is 1. The number of nitrogens with two attached hydrogens (primary N) is 1. The Bertz CT molecular complexity index is 520. The van der Waals surface area contributed by atoms with Crippen LogP contribution in [0.2, 0.25) is 0 Å². The van der Waals surface area contributed by atoms with Crippen LogP contribution in [0, 0.1) is 6.92 Å². The van der Waals surface area contributed by atoms with Gasteiger partial charge in [0, 0.05) is 11.6 Å². The van der Waals surface area contributed by atoms with E-state index in [0.29, 0.717) is 22.9 Å². The highest BCUT2D eigenvalue weighted by Crippen LogP contribution is 2.35. The molecule has 0 saturated carbocycles. The Morgan fingerprint density at radius 2 is 2.12 bits per heavy atom. The maximum atomic E-state index is 9.68. The van der Waals surface area contributed by atoms with Crippen LogP contribution >= 0.6 is 0 Å². The molecule has 0 amide bonds. The Balaban J connectivity index is 2.54. The zero-order chi connectivity index (χ0) is 11.7. The minimum absolute atomic E-state index is 0.124. The molecule has 16 heavy (non-hydrogen) atoms. The van der Waals surface area contributed by atoms with Gasteiger partial charge in [0.15, 0.2) is 23.1 Å². The third-order valence-electron chi connectivity index (χ3n) is 2.30. The molecule has 1 heterocycles. The summed E-state index contributed by atoms with van der Waals surface area (Å²) in [6.07, 6.45) is 0. The highest BCUT2D eigenvalue weighted by molar-refractivity contribution is 5.66. The lowest BCUT2D eigenvalue weighted by Gasteiger charge is -2.07. The first kappa shape index (κ1) is 10.4. The van der Waals surface area contributed by atoms with E-state index in [1.165, 1.54) is 7.11 Å². The molecule has 0 saturated heterocycles. The van der Waals surface area contributed by atoms with E-state index < -0.39 is 0 Å². The van der Waals surface area contributed by atoms with Crippen molar-refractivity contribution in [1.82, 2.24) is 5.16 Å². The van der Waals surface area contributed by atoms with Gasteiger partial charge in [-0.1, -0.05) is 5.16 Å². The van der Waals surface area contributed by atoms with E-state index in [0.717, 1.165) is 5.56 Å². The number of aromatic hydroxyl groups is 1. The quantitative estimate of drug-likeness (QED) is 0.808. The third-order valence-corrected chi connectivity index (χ3v) is 2.30. The van der Waals surface area contributed by atoms with Crippen LogP contribution in [0.25, 0.3) is 11.3 Å². The molecule has 2 aromatic rings. The second-order valence-electron chi connectivity index (χ2n) is 3.46.